The first kappa shape index (κ1) is 25.9. The largest absolute Gasteiger partial charge is 0.328 e. The van der Waals surface area contributed by atoms with E-state index >= 15 is 0 Å². The molecule has 0 unspecified atom stereocenters. The fraction of sp³-hybridized carbons (Fsp3) is 1.00. The molecule has 0 bridgehead atoms. The summed E-state index contributed by atoms with van der Waals surface area (Å²) in [5.41, 5.74) is 5.63. The van der Waals surface area contributed by atoms with Gasteiger partial charge in [-0.15, -0.1) is 0 Å². The second kappa shape index (κ2) is 24.9. The van der Waals surface area contributed by atoms with Gasteiger partial charge in [0, 0.05) is 6.04 Å². The van der Waals surface area contributed by atoms with E-state index in [1.54, 1.807) is 0 Å². The summed E-state index contributed by atoms with van der Waals surface area (Å²) < 4.78 is 0. The van der Waals surface area contributed by atoms with Crippen LogP contribution in [0.15, 0.2) is 0 Å². The van der Waals surface area contributed by atoms with Crippen molar-refractivity contribution in [1.82, 2.24) is 0 Å². The van der Waals surface area contributed by atoms with Gasteiger partial charge in [-0.2, -0.15) is 0 Å². The molecule has 2 rings (SSSR count). The third kappa shape index (κ3) is 25.3. The third-order valence-corrected chi connectivity index (χ3v) is 3.54. The smallest absolute Gasteiger partial charge is 0.00388 e. The molecule has 0 radical (unpaired) electrons. The molecule has 2 aliphatic rings. The molecule has 132 valence electrons. The number of hydrogen-bond donors (Lipinski definition) is 1. The minimum Gasteiger partial charge on any atom is -0.328 e. The highest BCUT2D eigenvalue weighted by atomic mass is 14.6. The van der Waals surface area contributed by atoms with E-state index in [1.807, 2.05) is 27.7 Å². The molecule has 0 amide bonds. The zero-order valence-corrected chi connectivity index (χ0v) is 16.5. The summed E-state index contributed by atoms with van der Waals surface area (Å²) in [7, 11) is 0. The molecule has 0 aliphatic heterocycles. The molecule has 2 aliphatic carbocycles. The van der Waals surface area contributed by atoms with Gasteiger partial charge in [-0.3, -0.25) is 0 Å². The quantitative estimate of drug-likeness (QED) is 0.498. The van der Waals surface area contributed by atoms with Crippen LogP contribution in [0, 0.1) is 5.92 Å². The molecule has 0 aromatic rings. The highest BCUT2D eigenvalue weighted by molar-refractivity contribution is 4.66. The van der Waals surface area contributed by atoms with E-state index in [0.717, 1.165) is 5.92 Å². The van der Waals surface area contributed by atoms with Crippen LogP contribution in [0.3, 0.4) is 0 Å². The van der Waals surface area contributed by atoms with Crippen LogP contribution in [0.5, 0.6) is 0 Å². The van der Waals surface area contributed by atoms with Crippen molar-refractivity contribution < 1.29 is 0 Å². The van der Waals surface area contributed by atoms with E-state index in [2.05, 4.69) is 20.8 Å². The molecule has 2 fully saturated rings. The topological polar surface area (TPSA) is 26.0 Å². The molecular formula is C20H47N. The van der Waals surface area contributed by atoms with E-state index in [9.17, 15) is 0 Å². The highest BCUT2D eigenvalue weighted by Crippen LogP contribution is 2.22. The Labute approximate surface area is 137 Å². The van der Waals surface area contributed by atoms with Crippen LogP contribution in [-0.4, -0.2) is 6.04 Å². The van der Waals surface area contributed by atoms with Crippen LogP contribution < -0.4 is 5.73 Å². The Kier molecular flexibility index (Phi) is 30.8. The van der Waals surface area contributed by atoms with Gasteiger partial charge in [0.05, 0.1) is 0 Å². The summed E-state index contributed by atoms with van der Waals surface area (Å²) in [5, 5.41) is 0. The molecule has 2 N–H and O–H groups in total. The van der Waals surface area contributed by atoms with Crippen molar-refractivity contribution in [2.75, 3.05) is 0 Å². The Morgan fingerprint density at radius 1 is 0.667 bits per heavy atom. The van der Waals surface area contributed by atoms with Crippen LogP contribution >= 0.6 is 0 Å². The summed E-state index contributed by atoms with van der Waals surface area (Å²) in [5.74, 6) is 1.04. The molecule has 1 heteroatoms. The summed E-state index contributed by atoms with van der Waals surface area (Å²) in [6.07, 6.45) is 15.3. The fourth-order valence-corrected chi connectivity index (χ4v) is 2.44. The second-order valence-electron chi connectivity index (χ2n) is 5.85. The summed E-state index contributed by atoms with van der Waals surface area (Å²) >= 11 is 0. The summed E-state index contributed by atoms with van der Waals surface area (Å²) in [6.45, 7) is 14.6. The molecule has 0 atom stereocenters. The van der Waals surface area contributed by atoms with Gasteiger partial charge in [-0.1, -0.05) is 106 Å². The molecule has 0 saturated heterocycles. The first-order valence-electron chi connectivity index (χ1n) is 9.96. The van der Waals surface area contributed by atoms with E-state index in [4.69, 9.17) is 5.73 Å². The molecule has 2 saturated carbocycles. The SMILES string of the molecule is CC.CC.CC1CCCCC1.CCC.NC1CCCCC1. The average molecular weight is 302 g/mol. The van der Waals surface area contributed by atoms with E-state index in [1.165, 1.54) is 70.6 Å². The first-order chi connectivity index (χ1) is 10.2. The monoisotopic (exact) mass is 301 g/mol. The van der Waals surface area contributed by atoms with Crippen LogP contribution in [0.4, 0.5) is 0 Å². The van der Waals surface area contributed by atoms with Crippen LogP contribution in [0.1, 0.15) is 119 Å². The Morgan fingerprint density at radius 2 is 0.952 bits per heavy atom. The first-order valence-corrected chi connectivity index (χ1v) is 9.96. The number of hydrogen-bond acceptors (Lipinski definition) is 1. The predicted octanol–water partition coefficient (Wildman–Crippen LogP) is 7.33. The molecule has 0 heterocycles. The summed E-state index contributed by atoms with van der Waals surface area (Å²) in [6, 6.07) is 0.536. The van der Waals surface area contributed by atoms with Crippen molar-refractivity contribution in [3.8, 4) is 0 Å². The number of nitrogens with two attached hydrogens (primary N) is 1. The van der Waals surface area contributed by atoms with Gasteiger partial charge < -0.3 is 5.73 Å². The summed E-state index contributed by atoms with van der Waals surface area (Å²) in [4.78, 5) is 0. The third-order valence-electron chi connectivity index (χ3n) is 3.54. The minimum atomic E-state index is 0.536. The Bertz CT molecular complexity index is 117. The van der Waals surface area contributed by atoms with Crippen LogP contribution in [-0.2, 0) is 0 Å². The zero-order valence-electron chi connectivity index (χ0n) is 16.5. The van der Waals surface area contributed by atoms with E-state index < -0.39 is 0 Å². The van der Waals surface area contributed by atoms with Gasteiger partial charge in [0.15, 0.2) is 0 Å². The maximum Gasteiger partial charge on any atom is 0.00388 e. The number of rotatable bonds is 0. The average Bonchev–Trinajstić information content (AvgIpc) is 2.54. The van der Waals surface area contributed by atoms with Crippen LogP contribution in [0.2, 0.25) is 0 Å². The van der Waals surface area contributed by atoms with E-state index in [0.29, 0.717) is 6.04 Å². The predicted molar refractivity (Wildman–Crippen MR) is 102 cm³/mol. The van der Waals surface area contributed by atoms with Gasteiger partial charge in [0.25, 0.3) is 0 Å². The normalized spacial score (nSPS) is 18.3. The lowest BCUT2D eigenvalue weighted by Gasteiger charge is -2.15. The van der Waals surface area contributed by atoms with Crippen molar-refractivity contribution >= 4 is 0 Å². The van der Waals surface area contributed by atoms with Crippen LogP contribution in [0.25, 0.3) is 0 Å². The van der Waals surface area contributed by atoms with E-state index in [-0.39, 0.29) is 0 Å². The fourth-order valence-electron chi connectivity index (χ4n) is 2.44. The van der Waals surface area contributed by atoms with Crippen molar-refractivity contribution in [3.05, 3.63) is 0 Å². The molecule has 0 aromatic heterocycles. The Morgan fingerprint density at radius 3 is 1.10 bits per heavy atom. The lowest BCUT2D eigenvalue weighted by molar-refractivity contribution is 0.385. The maximum atomic E-state index is 5.63. The lowest BCUT2D eigenvalue weighted by Crippen LogP contribution is -2.22. The zero-order chi connectivity index (χ0) is 16.9. The van der Waals surface area contributed by atoms with Crippen molar-refractivity contribution in [2.24, 2.45) is 11.7 Å². The molecule has 1 nitrogen and oxygen atoms in total. The minimum absolute atomic E-state index is 0.536. The highest BCUT2D eigenvalue weighted by Gasteiger charge is 2.06. The Hall–Kier alpha value is -0.0400. The van der Waals surface area contributed by atoms with Crippen molar-refractivity contribution in [3.63, 3.8) is 0 Å². The standard InChI is InChI=1S/C7H14.C6H13N.C3H8.2C2H6/c1-7-5-3-2-4-6-7;7-6-4-2-1-3-5-6;1-3-2;2*1-2/h7H,2-6H2,1H3;6H,1-5,7H2;3H2,1-2H3;2*1-2H3. The maximum absolute atomic E-state index is 5.63. The molecular weight excluding hydrogens is 254 g/mol. The van der Waals surface area contributed by atoms with Gasteiger partial charge in [-0.25, -0.2) is 0 Å². The van der Waals surface area contributed by atoms with Gasteiger partial charge in [0.1, 0.15) is 0 Å². The molecule has 0 aromatic carbocycles. The molecule has 21 heavy (non-hydrogen) atoms. The van der Waals surface area contributed by atoms with Crippen molar-refractivity contribution in [1.29, 1.82) is 0 Å². The van der Waals surface area contributed by atoms with Gasteiger partial charge in [0.2, 0.25) is 0 Å². The second-order valence-corrected chi connectivity index (χ2v) is 5.85. The molecule has 0 spiro atoms. The van der Waals surface area contributed by atoms with Gasteiger partial charge in [-0.05, 0) is 18.8 Å². The lowest BCUT2D eigenvalue weighted by atomic mass is 9.91. The van der Waals surface area contributed by atoms with Crippen molar-refractivity contribution in [2.45, 2.75) is 125 Å². The van der Waals surface area contributed by atoms with Gasteiger partial charge >= 0.3 is 0 Å². The Balaban J connectivity index is -0.000000219.